The molecule has 1 aromatic carbocycles. The quantitative estimate of drug-likeness (QED) is 0.368. The molecule has 35 heavy (non-hydrogen) atoms. The first-order chi connectivity index (χ1) is 16.8. The van der Waals surface area contributed by atoms with Gasteiger partial charge in [0.2, 0.25) is 5.95 Å². The maximum Gasteiger partial charge on any atom is 0.418 e. The van der Waals surface area contributed by atoms with E-state index in [1.165, 1.54) is 7.11 Å². The zero-order chi connectivity index (χ0) is 24.6. The third-order valence-corrected chi connectivity index (χ3v) is 6.77. The number of benzene rings is 1. The number of aromatic nitrogens is 3. The Morgan fingerprint density at radius 3 is 2.60 bits per heavy atom. The van der Waals surface area contributed by atoms with Crippen LogP contribution in [-0.4, -0.2) is 46.0 Å². The Morgan fingerprint density at radius 2 is 1.91 bits per heavy atom. The van der Waals surface area contributed by atoms with E-state index >= 15 is 0 Å². The second-order valence-electron chi connectivity index (χ2n) is 9.12. The number of aromatic amines is 1. The zero-order valence-electron chi connectivity index (χ0n) is 19.5. The lowest BCUT2D eigenvalue weighted by Crippen LogP contribution is -2.28. The molecule has 1 atom stereocenters. The molecule has 2 fully saturated rings. The van der Waals surface area contributed by atoms with Gasteiger partial charge in [0.25, 0.3) is 0 Å². The largest absolute Gasteiger partial charge is 0.494 e. The smallest absolute Gasteiger partial charge is 0.418 e. The molecule has 188 valence electrons. The predicted molar refractivity (Wildman–Crippen MR) is 128 cm³/mol. The van der Waals surface area contributed by atoms with Gasteiger partial charge in [-0.1, -0.05) is 19.3 Å². The van der Waals surface area contributed by atoms with Crippen molar-refractivity contribution in [3.8, 4) is 5.75 Å². The zero-order valence-corrected chi connectivity index (χ0v) is 19.5. The van der Waals surface area contributed by atoms with E-state index in [0.29, 0.717) is 17.9 Å². The Kier molecular flexibility index (Phi) is 6.35. The van der Waals surface area contributed by atoms with Crippen molar-refractivity contribution in [3.05, 3.63) is 30.0 Å². The molecule has 0 bridgehead atoms. The van der Waals surface area contributed by atoms with Crippen molar-refractivity contribution in [3.63, 3.8) is 0 Å². The molecule has 1 aliphatic carbocycles. The molecular weight excluding hydrogens is 461 g/mol. The minimum Gasteiger partial charge on any atom is -0.494 e. The second-order valence-corrected chi connectivity index (χ2v) is 9.12. The maximum atomic E-state index is 13.7. The van der Waals surface area contributed by atoms with Crippen molar-refractivity contribution in [2.45, 2.75) is 63.4 Å². The summed E-state index contributed by atoms with van der Waals surface area (Å²) in [5.41, 5.74) is 0.704. The van der Waals surface area contributed by atoms with Gasteiger partial charge in [-0.05, 0) is 37.8 Å². The van der Waals surface area contributed by atoms with Crippen molar-refractivity contribution >= 4 is 34.2 Å². The first-order valence-corrected chi connectivity index (χ1v) is 12.0. The molecule has 0 amide bonds. The third-order valence-electron chi connectivity index (χ3n) is 6.77. The standard InChI is InChI=1S/C24H29F3N6O2/c1-35-18-12-15(33-11-5-8-19(33)34)9-10-17(18)30-23-31-21-20(16(13-28-21)24(25,26)27)22(32-23)29-14-6-3-2-4-7-14/h9-10,12-14,19,34H,2-8,11H2,1H3,(H3,28,29,30,31,32). The van der Waals surface area contributed by atoms with Crippen LogP contribution in [0.4, 0.5) is 36.3 Å². The minimum absolute atomic E-state index is 0.0565. The highest BCUT2D eigenvalue weighted by atomic mass is 19.4. The van der Waals surface area contributed by atoms with Crippen LogP contribution in [0, 0.1) is 0 Å². The number of anilines is 4. The number of aliphatic hydroxyl groups excluding tert-OH is 1. The first kappa shape index (κ1) is 23.5. The number of methoxy groups -OCH3 is 1. The summed E-state index contributed by atoms with van der Waals surface area (Å²) in [6.45, 7) is 0.751. The van der Waals surface area contributed by atoms with Crippen LogP contribution in [0.2, 0.25) is 0 Å². The number of H-pyrrole nitrogens is 1. The van der Waals surface area contributed by atoms with Gasteiger partial charge in [-0.3, -0.25) is 0 Å². The predicted octanol–water partition coefficient (Wildman–Crippen LogP) is 5.39. The highest BCUT2D eigenvalue weighted by Gasteiger charge is 2.36. The molecule has 11 heteroatoms. The molecule has 0 spiro atoms. The fraction of sp³-hybridized carbons (Fsp3) is 0.500. The SMILES string of the molecule is COc1cc(N2CCCC2O)ccc1Nc1nc(NC2CCCCC2)c2c(C(F)(F)F)c[nH]c2n1. The van der Waals surface area contributed by atoms with Crippen LogP contribution in [0.3, 0.4) is 0 Å². The summed E-state index contributed by atoms with van der Waals surface area (Å²) >= 11 is 0. The van der Waals surface area contributed by atoms with E-state index in [1.54, 1.807) is 6.07 Å². The van der Waals surface area contributed by atoms with Crippen LogP contribution in [-0.2, 0) is 6.18 Å². The summed E-state index contributed by atoms with van der Waals surface area (Å²) in [5.74, 6) is 0.821. The number of nitrogens with zero attached hydrogens (tertiary/aromatic N) is 3. The van der Waals surface area contributed by atoms with Crippen LogP contribution < -0.4 is 20.3 Å². The van der Waals surface area contributed by atoms with Gasteiger partial charge in [0.05, 0.1) is 23.7 Å². The number of alkyl halides is 3. The highest BCUT2D eigenvalue weighted by Crippen LogP contribution is 2.39. The second kappa shape index (κ2) is 9.44. The number of hydrogen-bond acceptors (Lipinski definition) is 7. The normalized spacial score (nSPS) is 19.3. The van der Waals surface area contributed by atoms with Crippen LogP contribution in [0.1, 0.15) is 50.5 Å². The Balaban J connectivity index is 1.49. The number of ether oxygens (including phenoxy) is 1. The third kappa shape index (κ3) is 4.82. The molecule has 1 unspecified atom stereocenters. The van der Waals surface area contributed by atoms with Gasteiger partial charge in [-0.25, -0.2) is 0 Å². The summed E-state index contributed by atoms with van der Waals surface area (Å²) in [6, 6.07) is 5.52. The summed E-state index contributed by atoms with van der Waals surface area (Å²) in [4.78, 5) is 13.3. The number of aliphatic hydroxyl groups is 1. The number of nitrogens with one attached hydrogen (secondary N) is 3. The summed E-state index contributed by atoms with van der Waals surface area (Å²) in [7, 11) is 1.53. The molecule has 4 N–H and O–H groups in total. The van der Waals surface area contributed by atoms with Gasteiger partial charge in [-0.2, -0.15) is 23.1 Å². The van der Waals surface area contributed by atoms with E-state index in [9.17, 15) is 18.3 Å². The number of rotatable bonds is 6. The Hall–Kier alpha value is -3.21. The highest BCUT2D eigenvalue weighted by molar-refractivity contribution is 5.92. The topological polar surface area (TPSA) is 98.3 Å². The van der Waals surface area contributed by atoms with Crippen LogP contribution in [0.5, 0.6) is 5.75 Å². The van der Waals surface area contributed by atoms with E-state index in [1.807, 2.05) is 17.0 Å². The molecule has 5 rings (SSSR count). The minimum atomic E-state index is -4.53. The molecule has 2 aliphatic rings. The lowest BCUT2D eigenvalue weighted by Gasteiger charge is -2.24. The van der Waals surface area contributed by atoms with Crippen LogP contribution in [0.15, 0.2) is 24.4 Å². The van der Waals surface area contributed by atoms with Gasteiger partial charge in [-0.15, -0.1) is 0 Å². The molecule has 8 nitrogen and oxygen atoms in total. The van der Waals surface area contributed by atoms with Crippen molar-refractivity contribution in [2.75, 3.05) is 29.2 Å². The molecule has 3 aromatic rings. The molecule has 3 heterocycles. The van der Waals surface area contributed by atoms with Crippen molar-refractivity contribution in [1.82, 2.24) is 15.0 Å². The average molecular weight is 491 g/mol. The van der Waals surface area contributed by atoms with Crippen LogP contribution in [0.25, 0.3) is 11.0 Å². The fourth-order valence-electron chi connectivity index (χ4n) is 4.99. The van der Waals surface area contributed by atoms with Gasteiger partial charge in [0, 0.05) is 30.5 Å². The van der Waals surface area contributed by atoms with E-state index in [4.69, 9.17) is 4.74 Å². The summed E-state index contributed by atoms with van der Waals surface area (Å²) in [5, 5.41) is 16.5. The lowest BCUT2D eigenvalue weighted by molar-refractivity contribution is -0.136. The maximum absolute atomic E-state index is 13.7. The van der Waals surface area contributed by atoms with E-state index in [0.717, 1.165) is 57.0 Å². The molecule has 1 aliphatic heterocycles. The van der Waals surface area contributed by atoms with Crippen LogP contribution >= 0.6 is 0 Å². The first-order valence-electron chi connectivity index (χ1n) is 12.0. The van der Waals surface area contributed by atoms with Crippen molar-refractivity contribution in [2.24, 2.45) is 0 Å². The molecular formula is C24H29F3N6O2. The lowest BCUT2D eigenvalue weighted by atomic mass is 9.95. The molecule has 2 aromatic heterocycles. The van der Waals surface area contributed by atoms with Gasteiger partial charge < -0.3 is 30.4 Å². The van der Waals surface area contributed by atoms with Gasteiger partial charge >= 0.3 is 6.18 Å². The van der Waals surface area contributed by atoms with Crippen molar-refractivity contribution in [1.29, 1.82) is 0 Å². The number of fused-ring (bicyclic) bond motifs is 1. The van der Waals surface area contributed by atoms with E-state index in [2.05, 4.69) is 25.6 Å². The van der Waals surface area contributed by atoms with Gasteiger partial charge in [0.15, 0.2) is 0 Å². The number of halogens is 3. The monoisotopic (exact) mass is 490 g/mol. The Bertz CT molecular complexity index is 1190. The van der Waals surface area contributed by atoms with E-state index in [-0.39, 0.29) is 28.8 Å². The Labute approximate surface area is 200 Å². The Morgan fingerprint density at radius 1 is 1.11 bits per heavy atom. The summed E-state index contributed by atoms with van der Waals surface area (Å²) in [6.07, 6.45) is 2.46. The van der Waals surface area contributed by atoms with E-state index < -0.39 is 18.0 Å². The summed E-state index contributed by atoms with van der Waals surface area (Å²) < 4.78 is 46.6. The number of hydrogen-bond donors (Lipinski definition) is 4. The van der Waals surface area contributed by atoms with Crippen molar-refractivity contribution < 1.29 is 23.0 Å². The van der Waals surface area contributed by atoms with Gasteiger partial charge in [0.1, 0.15) is 23.4 Å². The molecule has 1 saturated carbocycles. The fourth-order valence-corrected chi connectivity index (χ4v) is 4.99. The average Bonchev–Trinajstić information content (AvgIpc) is 3.46. The molecule has 0 radical (unpaired) electrons. The molecule has 1 saturated heterocycles.